The second kappa shape index (κ2) is 5.52. The van der Waals surface area contributed by atoms with Gasteiger partial charge in [-0.25, -0.2) is 4.98 Å². The zero-order valence-electron chi connectivity index (χ0n) is 10.4. The maximum atomic E-state index is 11.8. The largest absolute Gasteiger partial charge is 0.309 e. The van der Waals surface area contributed by atoms with Crippen molar-refractivity contribution < 1.29 is 4.79 Å². The van der Waals surface area contributed by atoms with E-state index < -0.39 is 0 Å². The molecule has 2 aromatic rings. The Bertz CT molecular complexity index is 543. The van der Waals surface area contributed by atoms with Crippen molar-refractivity contribution in [2.24, 2.45) is 0 Å². The van der Waals surface area contributed by atoms with Gasteiger partial charge in [0.2, 0.25) is 5.91 Å². The van der Waals surface area contributed by atoms with Gasteiger partial charge in [0.1, 0.15) is 5.01 Å². The number of anilines is 1. The molecule has 2 N–H and O–H groups in total. The van der Waals surface area contributed by atoms with Crippen LogP contribution >= 0.6 is 11.3 Å². The van der Waals surface area contributed by atoms with Crippen LogP contribution in [0.1, 0.15) is 35.9 Å². The number of aromatic amines is 1. The molecule has 2 heterocycles. The lowest BCUT2D eigenvalue weighted by atomic mass is 10.0. The number of hydrogen-bond donors (Lipinski definition) is 2. The summed E-state index contributed by atoms with van der Waals surface area (Å²) >= 11 is 1.48. The lowest BCUT2D eigenvalue weighted by Gasteiger charge is -2.03. The van der Waals surface area contributed by atoms with Crippen LogP contribution in [0.5, 0.6) is 0 Å². The fraction of sp³-hybridized carbons (Fsp3) is 0.385. The number of amides is 1. The first-order chi connectivity index (χ1) is 9.31. The standard InChI is InChI=1S/C13H15N4OS/c18-12(8-13-14-5-6-19-13)15-11-7-10(16-17-11)9-3-1-2-4-9/h1,5-7,9H,2-4,8H2,(H2,15,16,17,18)/t9-/m0/s1. The van der Waals surface area contributed by atoms with Crippen LogP contribution in [0.3, 0.4) is 0 Å². The van der Waals surface area contributed by atoms with Crippen molar-refractivity contribution in [2.45, 2.75) is 31.6 Å². The Kier molecular flexibility index (Phi) is 3.59. The fourth-order valence-corrected chi connectivity index (χ4v) is 2.93. The van der Waals surface area contributed by atoms with E-state index in [0.717, 1.165) is 30.0 Å². The van der Waals surface area contributed by atoms with Crippen molar-refractivity contribution in [3.63, 3.8) is 0 Å². The number of H-pyrrole nitrogens is 1. The molecule has 0 unspecified atom stereocenters. The van der Waals surface area contributed by atoms with Crippen molar-refractivity contribution in [1.82, 2.24) is 15.2 Å². The van der Waals surface area contributed by atoms with Gasteiger partial charge < -0.3 is 5.32 Å². The number of hydrogen-bond acceptors (Lipinski definition) is 4. The third kappa shape index (κ3) is 3.01. The number of nitrogens with one attached hydrogen (secondary N) is 2. The van der Waals surface area contributed by atoms with Crippen LogP contribution < -0.4 is 5.32 Å². The van der Waals surface area contributed by atoms with Crippen LogP contribution in [0.2, 0.25) is 0 Å². The Balaban J connectivity index is 1.59. The second-order valence-electron chi connectivity index (χ2n) is 4.66. The molecule has 1 atom stereocenters. The quantitative estimate of drug-likeness (QED) is 0.900. The van der Waals surface area contributed by atoms with Gasteiger partial charge in [-0.15, -0.1) is 11.3 Å². The molecule has 0 bridgehead atoms. The van der Waals surface area contributed by atoms with E-state index in [1.54, 1.807) is 6.20 Å². The molecule has 1 aliphatic rings. The molecule has 1 amide bonds. The summed E-state index contributed by atoms with van der Waals surface area (Å²) in [4.78, 5) is 15.9. The third-order valence-electron chi connectivity index (χ3n) is 3.27. The molecular formula is C13H15N4OS. The van der Waals surface area contributed by atoms with E-state index in [2.05, 4.69) is 26.9 Å². The third-order valence-corrected chi connectivity index (χ3v) is 4.05. The predicted octanol–water partition coefficient (Wildman–Crippen LogP) is 2.52. The molecule has 1 fully saturated rings. The first-order valence-electron chi connectivity index (χ1n) is 6.36. The minimum Gasteiger partial charge on any atom is -0.309 e. The van der Waals surface area contributed by atoms with E-state index in [-0.39, 0.29) is 5.91 Å². The zero-order valence-corrected chi connectivity index (χ0v) is 11.2. The maximum absolute atomic E-state index is 11.8. The van der Waals surface area contributed by atoms with Crippen LogP contribution in [0.25, 0.3) is 0 Å². The Morgan fingerprint density at radius 2 is 2.53 bits per heavy atom. The van der Waals surface area contributed by atoms with Gasteiger partial charge in [-0.3, -0.25) is 9.89 Å². The number of aromatic nitrogens is 3. The molecule has 0 aromatic carbocycles. The summed E-state index contributed by atoms with van der Waals surface area (Å²) < 4.78 is 0. The normalized spacial score (nSPS) is 15.8. The smallest absolute Gasteiger partial charge is 0.232 e. The summed E-state index contributed by atoms with van der Waals surface area (Å²) in [6.45, 7) is 0. The maximum Gasteiger partial charge on any atom is 0.232 e. The molecule has 3 rings (SSSR count). The molecule has 1 saturated carbocycles. The van der Waals surface area contributed by atoms with E-state index in [0.29, 0.717) is 18.2 Å². The Morgan fingerprint density at radius 1 is 1.58 bits per heavy atom. The van der Waals surface area contributed by atoms with Gasteiger partial charge in [-0.2, -0.15) is 5.10 Å². The number of carbonyl (C=O) groups is 1. The van der Waals surface area contributed by atoms with Crippen molar-refractivity contribution in [3.05, 3.63) is 34.8 Å². The van der Waals surface area contributed by atoms with Gasteiger partial charge in [-0.05, 0) is 25.7 Å². The molecule has 2 aromatic heterocycles. The molecule has 0 aliphatic heterocycles. The average molecular weight is 275 g/mol. The van der Waals surface area contributed by atoms with Gasteiger partial charge in [0.05, 0.1) is 6.42 Å². The first-order valence-corrected chi connectivity index (χ1v) is 7.24. The Hall–Kier alpha value is -1.69. The Morgan fingerprint density at radius 3 is 3.26 bits per heavy atom. The lowest BCUT2D eigenvalue weighted by molar-refractivity contribution is -0.115. The zero-order chi connectivity index (χ0) is 13.1. The van der Waals surface area contributed by atoms with Crippen molar-refractivity contribution in [3.8, 4) is 0 Å². The van der Waals surface area contributed by atoms with Gasteiger partial charge in [0.25, 0.3) is 0 Å². The summed E-state index contributed by atoms with van der Waals surface area (Å²) in [6, 6.07) is 1.93. The molecule has 19 heavy (non-hydrogen) atoms. The first kappa shape index (κ1) is 12.3. The molecule has 1 aliphatic carbocycles. The summed E-state index contributed by atoms with van der Waals surface area (Å²) in [5, 5.41) is 12.6. The highest BCUT2D eigenvalue weighted by Crippen LogP contribution is 2.32. The van der Waals surface area contributed by atoms with Gasteiger partial charge in [-0.1, -0.05) is 0 Å². The summed E-state index contributed by atoms with van der Waals surface area (Å²) in [7, 11) is 0. The topological polar surface area (TPSA) is 70.7 Å². The highest BCUT2D eigenvalue weighted by atomic mass is 32.1. The highest BCUT2D eigenvalue weighted by Gasteiger charge is 2.19. The lowest BCUT2D eigenvalue weighted by Crippen LogP contribution is -2.14. The summed E-state index contributed by atoms with van der Waals surface area (Å²) in [5.41, 5.74) is 1.11. The fourth-order valence-electron chi connectivity index (χ4n) is 2.31. The van der Waals surface area contributed by atoms with E-state index in [9.17, 15) is 4.79 Å². The van der Waals surface area contributed by atoms with E-state index in [1.807, 2.05) is 11.4 Å². The van der Waals surface area contributed by atoms with Crippen LogP contribution in [0.4, 0.5) is 5.82 Å². The molecule has 5 nitrogen and oxygen atoms in total. The minimum absolute atomic E-state index is 0.0778. The van der Waals surface area contributed by atoms with Crippen LogP contribution in [0, 0.1) is 6.42 Å². The van der Waals surface area contributed by atoms with Gasteiger partial charge in [0, 0.05) is 29.3 Å². The summed E-state index contributed by atoms with van der Waals surface area (Å²) in [5.74, 6) is 1.05. The number of carbonyl (C=O) groups excluding carboxylic acids is 1. The van der Waals surface area contributed by atoms with Crippen molar-refractivity contribution in [1.29, 1.82) is 0 Å². The van der Waals surface area contributed by atoms with Crippen LogP contribution in [0.15, 0.2) is 17.6 Å². The number of thiazole rings is 1. The number of rotatable bonds is 4. The van der Waals surface area contributed by atoms with Gasteiger partial charge >= 0.3 is 0 Å². The van der Waals surface area contributed by atoms with E-state index in [1.165, 1.54) is 11.3 Å². The monoisotopic (exact) mass is 275 g/mol. The average Bonchev–Trinajstić information content (AvgIpc) is 3.09. The second-order valence-corrected chi connectivity index (χ2v) is 5.64. The van der Waals surface area contributed by atoms with Crippen LogP contribution in [-0.2, 0) is 11.2 Å². The molecule has 1 radical (unpaired) electrons. The molecular weight excluding hydrogens is 260 g/mol. The Labute approximate surface area is 115 Å². The predicted molar refractivity (Wildman–Crippen MR) is 73.9 cm³/mol. The molecule has 6 heteroatoms. The number of nitrogens with zero attached hydrogens (tertiary/aromatic N) is 2. The van der Waals surface area contributed by atoms with Gasteiger partial charge in [0.15, 0.2) is 5.82 Å². The van der Waals surface area contributed by atoms with Crippen molar-refractivity contribution >= 4 is 23.1 Å². The van der Waals surface area contributed by atoms with E-state index >= 15 is 0 Å². The summed E-state index contributed by atoms with van der Waals surface area (Å²) in [6.07, 6.45) is 7.72. The van der Waals surface area contributed by atoms with Crippen molar-refractivity contribution in [2.75, 3.05) is 5.32 Å². The SMILES string of the molecule is O=C(Cc1nccs1)Nc1cc([C@H]2C[CH]CC2)[nH]n1. The van der Waals surface area contributed by atoms with E-state index in [4.69, 9.17) is 0 Å². The molecule has 0 saturated heterocycles. The highest BCUT2D eigenvalue weighted by molar-refractivity contribution is 7.09. The van der Waals surface area contributed by atoms with Crippen LogP contribution in [-0.4, -0.2) is 21.1 Å². The molecule has 0 spiro atoms. The minimum atomic E-state index is -0.0778. The molecule has 99 valence electrons.